The van der Waals surface area contributed by atoms with Crippen LogP contribution in [0.25, 0.3) is 0 Å². The Labute approximate surface area is 187 Å². The van der Waals surface area contributed by atoms with Crippen LogP contribution in [0.1, 0.15) is 40.0 Å². The summed E-state index contributed by atoms with van der Waals surface area (Å²) in [5.41, 5.74) is 3.24. The van der Waals surface area contributed by atoms with Crippen LogP contribution < -0.4 is 4.90 Å². The molecule has 1 aliphatic heterocycles. The first kappa shape index (κ1) is 21.3. The fraction of sp³-hybridized carbons (Fsp3) is 0.320. The molecular weight excluding hydrogens is 410 g/mol. The van der Waals surface area contributed by atoms with E-state index in [0.29, 0.717) is 35.4 Å². The number of anilines is 1. The average molecular weight is 436 g/mol. The van der Waals surface area contributed by atoms with Gasteiger partial charge in [0.1, 0.15) is 0 Å². The molecule has 0 atom stereocenters. The van der Waals surface area contributed by atoms with Crippen LogP contribution in [0, 0.1) is 5.92 Å². The lowest BCUT2D eigenvalue weighted by molar-refractivity contribution is 0.0694. The maximum atomic E-state index is 11.7. The van der Waals surface area contributed by atoms with Gasteiger partial charge in [0.05, 0.1) is 11.3 Å². The first-order valence-electron chi connectivity index (χ1n) is 10.7. The van der Waals surface area contributed by atoms with Crippen molar-refractivity contribution in [2.75, 3.05) is 18.0 Å². The van der Waals surface area contributed by atoms with Gasteiger partial charge in [-0.3, -0.25) is 0 Å². The number of nitrogens with zero attached hydrogens (tertiary/aromatic N) is 3. The highest BCUT2D eigenvalue weighted by Crippen LogP contribution is 2.25. The van der Waals surface area contributed by atoms with E-state index in [1.807, 2.05) is 24.3 Å². The summed E-state index contributed by atoms with van der Waals surface area (Å²) in [7, 11) is 0. The van der Waals surface area contributed by atoms with E-state index < -0.39 is 5.97 Å². The summed E-state index contributed by atoms with van der Waals surface area (Å²) in [5, 5.41) is 10.3. The molecule has 0 saturated carbocycles. The largest absolute Gasteiger partial charge is 0.478 e. The monoisotopic (exact) mass is 435 g/mol. The first-order chi connectivity index (χ1) is 15.1. The number of aryl methyl sites for hydroxylation is 2. The molecule has 0 aliphatic carbocycles. The van der Waals surface area contributed by atoms with Crippen LogP contribution in [-0.2, 0) is 19.3 Å². The molecule has 0 unspecified atom stereocenters. The Bertz CT molecular complexity index is 1020. The third-order valence-electron chi connectivity index (χ3n) is 5.91. The van der Waals surface area contributed by atoms with Crippen LogP contribution in [0.5, 0.6) is 0 Å². The zero-order chi connectivity index (χ0) is 21.6. The van der Waals surface area contributed by atoms with Crippen molar-refractivity contribution in [2.24, 2.45) is 5.92 Å². The number of rotatable bonds is 7. The van der Waals surface area contributed by atoms with Gasteiger partial charge >= 0.3 is 5.97 Å². The summed E-state index contributed by atoms with van der Waals surface area (Å²) < 4.78 is 0. The van der Waals surface area contributed by atoms with Crippen LogP contribution in [0.3, 0.4) is 0 Å². The molecule has 6 heteroatoms. The van der Waals surface area contributed by atoms with Gasteiger partial charge in [0.15, 0.2) is 0 Å². The molecule has 2 heterocycles. The van der Waals surface area contributed by atoms with Gasteiger partial charge in [0.25, 0.3) is 0 Å². The predicted molar refractivity (Wildman–Crippen MR) is 123 cm³/mol. The van der Waals surface area contributed by atoms with Crippen LogP contribution in [0.4, 0.5) is 5.95 Å². The standard InChI is InChI=1S/C25H26ClN3O2/c26-21-9-6-18(7-10-21)8-11-23-22(24(30)31)17-27-25(28-23)29-14-12-20(13-15-29)16-19-4-2-1-3-5-19/h1-7,9-10,17,20H,8,11-16H2,(H,30,31). The van der Waals surface area contributed by atoms with E-state index in [-0.39, 0.29) is 5.56 Å². The van der Waals surface area contributed by atoms with Crippen LogP contribution in [-0.4, -0.2) is 34.1 Å². The molecular formula is C25H26ClN3O2. The Morgan fingerprint density at radius 3 is 2.39 bits per heavy atom. The Morgan fingerprint density at radius 1 is 1.00 bits per heavy atom. The molecule has 1 aromatic heterocycles. The van der Waals surface area contributed by atoms with Gasteiger partial charge in [-0.15, -0.1) is 0 Å². The SMILES string of the molecule is O=C(O)c1cnc(N2CCC(Cc3ccccc3)CC2)nc1CCc1ccc(Cl)cc1. The molecule has 2 aromatic carbocycles. The van der Waals surface area contributed by atoms with Gasteiger partial charge in [-0.05, 0) is 61.3 Å². The average Bonchev–Trinajstić information content (AvgIpc) is 2.79. The van der Waals surface area contributed by atoms with E-state index in [4.69, 9.17) is 11.6 Å². The number of hydrogen-bond acceptors (Lipinski definition) is 4. The Morgan fingerprint density at radius 2 is 1.71 bits per heavy atom. The van der Waals surface area contributed by atoms with Gasteiger partial charge in [0, 0.05) is 24.3 Å². The predicted octanol–water partition coefficient (Wildman–Crippen LogP) is 5.07. The molecule has 5 nitrogen and oxygen atoms in total. The molecule has 160 valence electrons. The lowest BCUT2D eigenvalue weighted by atomic mass is 9.90. The number of piperidine rings is 1. The van der Waals surface area contributed by atoms with Crippen molar-refractivity contribution in [1.29, 1.82) is 0 Å². The van der Waals surface area contributed by atoms with Crippen molar-refractivity contribution >= 4 is 23.5 Å². The maximum absolute atomic E-state index is 11.7. The van der Waals surface area contributed by atoms with Gasteiger partial charge in [-0.1, -0.05) is 54.1 Å². The number of hydrogen-bond donors (Lipinski definition) is 1. The second-order valence-corrected chi connectivity index (χ2v) is 8.52. The summed E-state index contributed by atoms with van der Waals surface area (Å²) in [6.45, 7) is 1.78. The zero-order valence-corrected chi connectivity index (χ0v) is 18.1. The van der Waals surface area contributed by atoms with Gasteiger partial charge < -0.3 is 10.0 Å². The molecule has 0 radical (unpaired) electrons. The summed E-state index contributed by atoms with van der Waals surface area (Å²) in [4.78, 5) is 22.9. The van der Waals surface area contributed by atoms with Crippen molar-refractivity contribution in [3.63, 3.8) is 0 Å². The number of carboxylic acid groups (broad SMARTS) is 1. The number of carboxylic acids is 1. The number of aromatic carboxylic acids is 1. The minimum Gasteiger partial charge on any atom is -0.478 e. The van der Waals surface area contributed by atoms with E-state index >= 15 is 0 Å². The molecule has 1 N–H and O–H groups in total. The van der Waals surface area contributed by atoms with Crippen molar-refractivity contribution in [3.8, 4) is 0 Å². The molecule has 4 rings (SSSR count). The molecule has 1 saturated heterocycles. The molecule has 0 bridgehead atoms. The van der Waals surface area contributed by atoms with E-state index in [1.54, 1.807) is 0 Å². The molecule has 0 amide bonds. The van der Waals surface area contributed by atoms with Crippen molar-refractivity contribution in [1.82, 2.24) is 9.97 Å². The van der Waals surface area contributed by atoms with Crippen LogP contribution in [0.2, 0.25) is 5.02 Å². The number of benzene rings is 2. The second-order valence-electron chi connectivity index (χ2n) is 8.08. The number of aromatic nitrogens is 2. The normalized spacial score (nSPS) is 14.5. The third kappa shape index (κ3) is 5.61. The Balaban J connectivity index is 1.42. The second kappa shape index (κ2) is 9.92. The minimum atomic E-state index is -0.987. The summed E-state index contributed by atoms with van der Waals surface area (Å²) in [6, 6.07) is 18.2. The lowest BCUT2D eigenvalue weighted by Gasteiger charge is -2.32. The summed E-state index contributed by atoms with van der Waals surface area (Å²) in [6.07, 6.45) is 5.96. The molecule has 1 aliphatic rings. The van der Waals surface area contributed by atoms with Crippen molar-refractivity contribution < 1.29 is 9.90 Å². The smallest absolute Gasteiger partial charge is 0.339 e. The van der Waals surface area contributed by atoms with Crippen LogP contribution in [0.15, 0.2) is 60.8 Å². The molecule has 3 aromatic rings. The van der Waals surface area contributed by atoms with Gasteiger partial charge in [-0.25, -0.2) is 14.8 Å². The molecule has 1 fully saturated rings. The Hall–Kier alpha value is -2.92. The van der Waals surface area contributed by atoms with Crippen LogP contribution >= 0.6 is 11.6 Å². The first-order valence-corrected chi connectivity index (χ1v) is 11.1. The van der Waals surface area contributed by atoms with Crippen molar-refractivity contribution in [3.05, 3.63) is 88.2 Å². The van der Waals surface area contributed by atoms with E-state index in [0.717, 1.165) is 37.9 Å². The number of halogens is 1. The highest BCUT2D eigenvalue weighted by Gasteiger charge is 2.23. The molecule has 31 heavy (non-hydrogen) atoms. The minimum absolute atomic E-state index is 0.177. The van der Waals surface area contributed by atoms with E-state index in [1.165, 1.54) is 11.8 Å². The Kier molecular flexibility index (Phi) is 6.82. The van der Waals surface area contributed by atoms with Gasteiger partial charge in [0.2, 0.25) is 5.95 Å². The third-order valence-corrected chi connectivity index (χ3v) is 6.17. The topological polar surface area (TPSA) is 66.3 Å². The highest BCUT2D eigenvalue weighted by atomic mass is 35.5. The number of carbonyl (C=O) groups is 1. The summed E-state index contributed by atoms with van der Waals surface area (Å²) in [5.74, 6) is 0.301. The zero-order valence-electron chi connectivity index (χ0n) is 17.4. The summed E-state index contributed by atoms with van der Waals surface area (Å²) >= 11 is 5.95. The fourth-order valence-corrected chi connectivity index (χ4v) is 4.25. The molecule has 0 spiro atoms. The lowest BCUT2D eigenvalue weighted by Crippen LogP contribution is -2.35. The van der Waals surface area contributed by atoms with Crippen molar-refractivity contribution in [2.45, 2.75) is 32.1 Å². The van der Waals surface area contributed by atoms with E-state index in [2.05, 4.69) is 45.2 Å². The highest BCUT2D eigenvalue weighted by molar-refractivity contribution is 6.30. The van der Waals surface area contributed by atoms with Gasteiger partial charge in [-0.2, -0.15) is 0 Å². The maximum Gasteiger partial charge on any atom is 0.339 e. The van der Waals surface area contributed by atoms with E-state index in [9.17, 15) is 9.90 Å². The quantitative estimate of drug-likeness (QED) is 0.561. The fourth-order valence-electron chi connectivity index (χ4n) is 4.13.